The molecule has 1 aliphatic rings. The predicted octanol–water partition coefficient (Wildman–Crippen LogP) is 3.04. The van der Waals surface area contributed by atoms with Crippen molar-refractivity contribution in [1.29, 1.82) is 0 Å². The molecule has 0 aliphatic carbocycles. The average molecular weight is 315 g/mol. The number of nitrogens with one attached hydrogen (secondary N) is 2. The number of benzene rings is 1. The minimum absolute atomic E-state index is 0.134. The van der Waals surface area contributed by atoms with Crippen LogP contribution >= 0.6 is 23.2 Å². The molecule has 1 aromatic carbocycles. The number of piperidine rings is 1. The first-order valence-corrected chi connectivity index (χ1v) is 7.76. The van der Waals surface area contributed by atoms with E-state index in [0.29, 0.717) is 22.6 Å². The molecule has 0 aromatic heterocycles. The Morgan fingerprint density at radius 3 is 2.70 bits per heavy atom. The Morgan fingerprint density at radius 1 is 1.35 bits per heavy atom. The van der Waals surface area contributed by atoms with Gasteiger partial charge in [-0.25, -0.2) is 0 Å². The second-order valence-electron chi connectivity index (χ2n) is 5.40. The molecule has 1 aromatic rings. The Kier molecular flexibility index (Phi) is 5.70. The van der Waals surface area contributed by atoms with Crippen molar-refractivity contribution in [2.75, 3.05) is 13.1 Å². The molecule has 0 spiro atoms. The van der Waals surface area contributed by atoms with Crippen LogP contribution in [0, 0.1) is 5.92 Å². The molecule has 1 heterocycles. The first kappa shape index (κ1) is 15.6. The molecule has 3 nitrogen and oxygen atoms in total. The number of carbonyl (C=O) groups is 1. The lowest BCUT2D eigenvalue weighted by Crippen LogP contribution is -2.42. The lowest BCUT2D eigenvalue weighted by Gasteiger charge is -2.27. The van der Waals surface area contributed by atoms with Gasteiger partial charge in [-0.05, 0) is 56.5 Å². The van der Waals surface area contributed by atoms with E-state index in [1.807, 2.05) is 12.1 Å². The highest BCUT2D eigenvalue weighted by molar-refractivity contribution is 6.34. The first-order chi connectivity index (χ1) is 9.54. The van der Waals surface area contributed by atoms with Crippen LogP contribution in [0.25, 0.3) is 0 Å². The molecule has 5 heteroatoms. The van der Waals surface area contributed by atoms with Crippen LogP contribution in [0.4, 0.5) is 0 Å². The Hall–Kier alpha value is -0.770. The van der Waals surface area contributed by atoms with Gasteiger partial charge < -0.3 is 10.6 Å². The first-order valence-electron chi connectivity index (χ1n) is 7.00. The number of amides is 1. The maximum atomic E-state index is 12.1. The standard InChI is InChI=1S/C15H20Cl2N2O/c1-10-6-12(3-5-18-10)15(20)19-4-2-11-7-13(16)9-14(17)8-11/h7-10,12,18H,2-6H2,1H3,(H,19,20)/t10-,12-/m0/s1. The highest BCUT2D eigenvalue weighted by Crippen LogP contribution is 2.19. The van der Waals surface area contributed by atoms with Crippen molar-refractivity contribution in [2.24, 2.45) is 5.92 Å². The summed E-state index contributed by atoms with van der Waals surface area (Å²) < 4.78 is 0. The van der Waals surface area contributed by atoms with Gasteiger partial charge in [-0.2, -0.15) is 0 Å². The van der Waals surface area contributed by atoms with Crippen LogP contribution in [-0.2, 0) is 11.2 Å². The van der Waals surface area contributed by atoms with Crippen molar-refractivity contribution in [2.45, 2.75) is 32.2 Å². The Morgan fingerprint density at radius 2 is 2.05 bits per heavy atom. The van der Waals surface area contributed by atoms with E-state index in [1.54, 1.807) is 6.07 Å². The molecule has 0 saturated carbocycles. The number of hydrogen-bond donors (Lipinski definition) is 2. The van der Waals surface area contributed by atoms with Crippen molar-refractivity contribution < 1.29 is 4.79 Å². The van der Waals surface area contributed by atoms with Crippen LogP contribution in [0.3, 0.4) is 0 Å². The van der Waals surface area contributed by atoms with E-state index in [1.165, 1.54) is 0 Å². The van der Waals surface area contributed by atoms with Crippen LogP contribution < -0.4 is 10.6 Å². The molecule has 0 unspecified atom stereocenters. The van der Waals surface area contributed by atoms with Gasteiger partial charge in [0.25, 0.3) is 0 Å². The van der Waals surface area contributed by atoms with Gasteiger partial charge in [0.15, 0.2) is 0 Å². The molecule has 2 atom stereocenters. The Bertz CT molecular complexity index is 459. The largest absolute Gasteiger partial charge is 0.356 e. The van der Waals surface area contributed by atoms with Crippen LogP contribution in [-0.4, -0.2) is 25.0 Å². The van der Waals surface area contributed by atoms with Gasteiger partial charge in [-0.15, -0.1) is 0 Å². The summed E-state index contributed by atoms with van der Waals surface area (Å²) in [4.78, 5) is 12.1. The third-order valence-corrected chi connectivity index (χ3v) is 4.07. The summed E-state index contributed by atoms with van der Waals surface area (Å²) in [5, 5.41) is 7.62. The zero-order chi connectivity index (χ0) is 14.5. The molecular formula is C15H20Cl2N2O. The number of rotatable bonds is 4. The zero-order valence-corrected chi connectivity index (χ0v) is 13.1. The summed E-state index contributed by atoms with van der Waals surface area (Å²) in [6.45, 7) is 3.66. The van der Waals surface area contributed by atoms with Gasteiger partial charge in [0.2, 0.25) is 5.91 Å². The normalized spacial score (nSPS) is 22.6. The predicted molar refractivity (Wildman–Crippen MR) is 83.4 cm³/mol. The molecule has 1 fully saturated rings. The number of carbonyl (C=O) groups excluding carboxylic acids is 1. The van der Waals surface area contributed by atoms with E-state index in [4.69, 9.17) is 23.2 Å². The molecule has 2 rings (SSSR count). The Labute approximate surface area is 130 Å². The molecule has 0 bridgehead atoms. The maximum Gasteiger partial charge on any atom is 0.223 e. The van der Waals surface area contributed by atoms with Gasteiger partial charge >= 0.3 is 0 Å². The summed E-state index contributed by atoms with van der Waals surface area (Å²) in [5.41, 5.74) is 1.04. The SMILES string of the molecule is C[C@H]1C[C@@H](C(=O)NCCc2cc(Cl)cc(Cl)c2)CCN1. The van der Waals surface area contributed by atoms with E-state index < -0.39 is 0 Å². The van der Waals surface area contributed by atoms with E-state index >= 15 is 0 Å². The molecule has 1 saturated heterocycles. The highest BCUT2D eigenvalue weighted by Gasteiger charge is 2.24. The molecule has 1 aliphatic heterocycles. The van der Waals surface area contributed by atoms with Gasteiger partial charge in [-0.1, -0.05) is 23.2 Å². The van der Waals surface area contributed by atoms with E-state index in [0.717, 1.165) is 31.4 Å². The quantitative estimate of drug-likeness (QED) is 0.897. The monoisotopic (exact) mass is 314 g/mol. The van der Waals surface area contributed by atoms with Crippen LogP contribution in [0.1, 0.15) is 25.3 Å². The summed E-state index contributed by atoms with van der Waals surface area (Å²) in [7, 11) is 0. The third-order valence-electron chi connectivity index (χ3n) is 3.63. The molecular weight excluding hydrogens is 295 g/mol. The smallest absolute Gasteiger partial charge is 0.223 e. The van der Waals surface area contributed by atoms with Crippen molar-refractivity contribution in [1.82, 2.24) is 10.6 Å². The summed E-state index contributed by atoms with van der Waals surface area (Å²) >= 11 is 11.9. The third kappa shape index (κ3) is 4.65. The fraction of sp³-hybridized carbons (Fsp3) is 0.533. The minimum Gasteiger partial charge on any atom is -0.356 e. The van der Waals surface area contributed by atoms with Gasteiger partial charge in [-0.3, -0.25) is 4.79 Å². The van der Waals surface area contributed by atoms with Crippen LogP contribution in [0.5, 0.6) is 0 Å². The highest BCUT2D eigenvalue weighted by atomic mass is 35.5. The Balaban J connectivity index is 1.78. The van der Waals surface area contributed by atoms with Crippen molar-refractivity contribution >= 4 is 29.1 Å². The van der Waals surface area contributed by atoms with Crippen molar-refractivity contribution in [3.8, 4) is 0 Å². The summed E-state index contributed by atoms with van der Waals surface area (Å²) in [6, 6.07) is 5.89. The topological polar surface area (TPSA) is 41.1 Å². The molecule has 110 valence electrons. The molecule has 0 radical (unpaired) electrons. The maximum absolute atomic E-state index is 12.1. The number of hydrogen-bond acceptors (Lipinski definition) is 2. The zero-order valence-electron chi connectivity index (χ0n) is 11.6. The van der Waals surface area contributed by atoms with Gasteiger partial charge in [0.1, 0.15) is 0 Å². The molecule has 1 amide bonds. The van der Waals surface area contributed by atoms with Crippen LogP contribution in [0.2, 0.25) is 10.0 Å². The fourth-order valence-electron chi connectivity index (χ4n) is 2.60. The molecule has 20 heavy (non-hydrogen) atoms. The summed E-state index contributed by atoms with van der Waals surface area (Å²) in [5.74, 6) is 0.292. The van der Waals surface area contributed by atoms with Gasteiger partial charge in [0.05, 0.1) is 0 Å². The summed E-state index contributed by atoms with van der Waals surface area (Å²) in [6.07, 6.45) is 2.57. The lowest BCUT2D eigenvalue weighted by atomic mass is 9.92. The van der Waals surface area contributed by atoms with Gasteiger partial charge in [0, 0.05) is 28.5 Å². The molecule has 2 N–H and O–H groups in total. The fourth-order valence-corrected chi connectivity index (χ4v) is 3.17. The van der Waals surface area contributed by atoms with E-state index in [9.17, 15) is 4.79 Å². The average Bonchev–Trinajstić information content (AvgIpc) is 2.37. The van der Waals surface area contributed by atoms with E-state index in [2.05, 4.69) is 17.6 Å². The minimum atomic E-state index is 0.134. The lowest BCUT2D eigenvalue weighted by molar-refractivity contribution is -0.126. The van der Waals surface area contributed by atoms with Crippen molar-refractivity contribution in [3.63, 3.8) is 0 Å². The second-order valence-corrected chi connectivity index (χ2v) is 6.27. The van der Waals surface area contributed by atoms with Crippen LogP contribution in [0.15, 0.2) is 18.2 Å². The second kappa shape index (κ2) is 7.30. The van der Waals surface area contributed by atoms with Crippen molar-refractivity contribution in [3.05, 3.63) is 33.8 Å². The number of halogens is 2. The van der Waals surface area contributed by atoms with E-state index in [-0.39, 0.29) is 11.8 Å².